The normalized spacial score (nSPS) is 29.1. The van der Waals surface area contributed by atoms with E-state index in [9.17, 15) is 9.59 Å². The maximum absolute atomic E-state index is 12.2. The lowest BCUT2D eigenvalue weighted by Gasteiger charge is -2.29. The predicted octanol–water partition coefficient (Wildman–Crippen LogP) is 0.150. The maximum Gasteiger partial charge on any atom is 0.310 e. The second-order valence-electron chi connectivity index (χ2n) is 4.80. The number of piperidine rings is 1. The zero-order valence-corrected chi connectivity index (χ0v) is 10.3. The fraction of sp³-hybridized carbons (Fsp3) is 0.833. The van der Waals surface area contributed by atoms with Crippen LogP contribution in [0, 0.1) is 5.92 Å². The van der Waals surface area contributed by atoms with Gasteiger partial charge in [0.2, 0.25) is 5.91 Å². The molecule has 2 saturated heterocycles. The molecule has 0 spiro atoms. The second-order valence-corrected chi connectivity index (χ2v) is 4.80. The molecule has 5 heteroatoms. The van der Waals surface area contributed by atoms with Gasteiger partial charge in [-0.15, -0.1) is 0 Å². The summed E-state index contributed by atoms with van der Waals surface area (Å²) in [6.45, 7) is 2.27. The Morgan fingerprint density at radius 2 is 1.94 bits per heavy atom. The summed E-state index contributed by atoms with van der Waals surface area (Å²) in [5.41, 5.74) is 0. The van der Waals surface area contributed by atoms with E-state index in [4.69, 9.17) is 4.74 Å². The van der Waals surface area contributed by atoms with Crippen molar-refractivity contribution in [1.82, 2.24) is 10.2 Å². The molecule has 2 fully saturated rings. The number of nitrogens with zero attached hydrogens (tertiary/aromatic N) is 1. The largest absolute Gasteiger partial charge is 0.469 e. The van der Waals surface area contributed by atoms with E-state index >= 15 is 0 Å². The van der Waals surface area contributed by atoms with E-state index in [-0.39, 0.29) is 23.8 Å². The van der Waals surface area contributed by atoms with Gasteiger partial charge < -0.3 is 15.0 Å². The molecule has 2 rings (SSSR count). The van der Waals surface area contributed by atoms with Crippen LogP contribution >= 0.6 is 0 Å². The number of carbonyl (C=O) groups excluding carboxylic acids is 2. The standard InChI is InChI=1S/C12H20N2O3/c1-17-12(16)9-7-10(13-8-9)11(15)14-5-3-2-4-6-14/h9-10,13H,2-8H2,1H3. The van der Waals surface area contributed by atoms with Crippen molar-refractivity contribution >= 4 is 11.9 Å². The van der Waals surface area contributed by atoms with Crippen LogP contribution in [0.3, 0.4) is 0 Å². The van der Waals surface area contributed by atoms with Gasteiger partial charge in [-0.3, -0.25) is 9.59 Å². The number of methoxy groups -OCH3 is 1. The molecule has 2 unspecified atom stereocenters. The van der Waals surface area contributed by atoms with Gasteiger partial charge >= 0.3 is 5.97 Å². The highest BCUT2D eigenvalue weighted by molar-refractivity contribution is 5.84. The maximum atomic E-state index is 12.2. The van der Waals surface area contributed by atoms with Gasteiger partial charge in [0, 0.05) is 19.6 Å². The van der Waals surface area contributed by atoms with Crippen LogP contribution in [0.2, 0.25) is 0 Å². The molecule has 96 valence electrons. The van der Waals surface area contributed by atoms with Crippen molar-refractivity contribution in [2.45, 2.75) is 31.7 Å². The Morgan fingerprint density at radius 1 is 1.24 bits per heavy atom. The van der Waals surface area contributed by atoms with Gasteiger partial charge in [0.15, 0.2) is 0 Å². The van der Waals surface area contributed by atoms with Crippen LogP contribution in [0.4, 0.5) is 0 Å². The molecule has 2 aliphatic rings. The van der Waals surface area contributed by atoms with Gasteiger partial charge in [-0.25, -0.2) is 0 Å². The number of likely N-dealkylation sites (tertiary alicyclic amines) is 1. The summed E-state index contributed by atoms with van der Waals surface area (Å²) in [6.07, 6.45) is 3.98. The molecule has 1 N–H and O–H groups in total. The molecule has 17 heavy (non-hydrogen) atoms. The van der Waals surface area contributed by atoms with E-state index in [2.05, 4.69) is 5.32 Å². The molecule has 0 aliphatic carbocycles. The lowest BCUT2D eigenvalue weighted by Crippen LogP contribution is -2.45. The van der Waals surface area contributed by atoms with Crippen molar-refractivity contribution in [2.24, 2.45) is 5.92 Å². The summed E-state index contributed by atoms with van der Waals surface area (Å²) in [6, 6.07) is -0.197. The Hall–Kier alpha value is -1.10. The minimum absolute atomic E-state index is 0.149. The van der Waals surface area contributed by atoms with Gasteiger partial charge in [0.1, 0.15) is 0 Å². The first-order chi connectivity index (χ1) is 8.22. The fourth-order valence-corrected chi connectivity index (χ4v) is 2.60. The Kier molecular flexibility index (Phi) is 3.99. The summed E-state index contributed by atoms with van der Waals surface area (Å²) < 4.78 is 4.70. The molecule has 5 nitrogen and oxygen atoms in total. The van der Waals surface area contributed by atoms with E-state index in [1.165, 1.54) is 13.5 Å². The van der Waals surface area contributed by atoms with E-state index in [1.807, 2.05) is 4.90 Å². The SMILES string of the molecule is COC(=O)C1CNC(C(=O)N2CCCCC2)C1. The van der Waals surface area contributed by atoms with Crippen LogP contribution in [0.1, 0.15) is 25.7 Å². The number of amides is 1. The van der Waals surface area contributed by atoms with E-state index < -0.39 is 0 Å². The predicted molar refractivity (Wildman–Crippen MR) is 62.3 cm³/mol. The highest BCUT2D eigenvalue weighted by atomic mass is 16.5. The smallest absolute Gasteiger partial charge is 0.310 e. The Balaban J connectivity index is 1.87. The highest BCUT2D eigenvalue weighted by Gasteiger charge is 2.36. The number of carbonyl (C=O) groups is 2. The molecule has 0 aromatic carbocycles. The first-order valence-electron chi connectivity index (χ1n) is 6.32. The monoisotopic (exact) mass is 240 g/mol. The number of nitrogens with one attached hydrogen (secondary N) is 1. The van der Waals surface area contributed by atoms with Crippen molar-refractivity contribution in [1.29, 1.82) is 0 Å². The molecule has 0 saturated carbocycles. The van der Waals surface area contributed by atoms with Crippen LogP contribution in [0.5, 0.6) is 0 Å². The second kappa shape index (κ2) is 5.49. The van der Waals surface area contributed by atoms with Crippen molar-refractivity contribution in [3.8, 4) is 0 Å². The third-order valence-corrected chi connectivity index (χ3v) is 3.63. The van der Waals surface area contributed by atoms with Gasteiger partial charge in [-0.05, 0) is 25.7 Å². The number of rotatable bonds is 2. The number of hydrogen-bond donors (Lipinski definition) is 1. The molecule has 2 heterocycles. The first kappa shape index (κ1) is 12.4. The molecule has 0 aromatic rings. The average molecular weight is 240 g/mol. The molecule has 0 aromatic heterocycles. The van der Waals surface area contributed by atoms with Gasteiger partial charge in [0.25, 0.3) is 0 Å². The third kappa shape index (κ3) is 2.77. The molecule has 2 atom stereocenters. The summed E-state index contributed by atoms with van der Waals surface area (Å²) in [4.78, 5) is 25.5. The Bertz CT molecular complexity index is 300. The van der Waals surface area contributed by atoms with Crippen molar-refractivity contribution in [3.63, 3.8) is 0 Å². The van der Waals surface area contributed by atoms with Gasteiger partial charge in [0.05, 0.1) is 19.1 Å². The van der Waals surface area contributed by atoms with Crippen molar-refractivity contribution < 1.29 is 14.3 Å². The summed E-state index contributed by atoms with van der Waals surface area (Å²) >= 11 is 0. The summed E-state index contributed by atoms with van der Waals surface area (Å²) in [7, 11) is 1.39. The van der Waals surface area contributed by atoms with Crippen LogP contribution in [-0.4, -0.2) is 49.6 Å². The van der Waals surface area contributed by atoms with Crippen molar-refractivity contribution in [3.05, 3.63) is 0 Å². The van der Waals surface area contributed by atoms with Gasteiger partial charge in [-0.1, -0.05) is 0 Å². The van der Waals surface area contributed by atoms with E-state index in [0.29, 0.717) is 13.0 Å². The number of esters is 1. The minimum atomic E-state index is -0.216. The topological polar surface area (TPSA) is 58.6 Å². The zero-order chi connectivity index (χ0) is 12.3. The average Bonchev–Trinajstić information content (AvgIpc) is 2.87. The lowest BCUT2D eigenvalue weighted by atomic mass is 10.0. The third-order valence-electron chi connectivity index (χ3n) is 3.63. The number of ether oxygens (including phenoxy) is 1. The molecule has 0 radical (unpaired) electrons. The lowest BCUT2D eigenvalue weighted by molar-refractivity contribution is -0.144. The summed E-state index contributed by atoms with van der Waals surface area (Å²) in [5.74, 6) is -0.235. The van der Waals surface area contributed by atoms with Crippen molar-refractivity contribution in [2.75, 3.05) is 26.7 Å². The Labute approximate surface area is 101 Å². The minimum Gasteiger partial charge on any atom is -0.469 e. The summed E-state index contributed by atoms with van der Waals surface area (Å²) in [5, 5.41) is 3.13. The van der Waals surface area contributed by atoms with Gasteiger partial charge in [-0.2, -0.15) is 0 Å². The molecule has 1 amide bonds. The molecule has 0 bridgehead atoms. The highest BCUT2D eigenvalue weighted by Crippen LogP contribution is 2.19. The molecule has 2 aliphatic heterocycles. The zero-order valence-electron chi connectivity index (χ0n) is 10.3. The van der Waals surface area contributed by atoms with Crippen LogP contribution in [0.25, 0.3) is 0 Å². The fourth-order valence-electron chi connectivity index (χ4n) is 2.60. The molecular weight excluding hydrogens is 220 g/mol. The van der Waals surface area contributed by atoms with Crippen LogP contribution in [-0.2, 0) is 14.3 Å². The Morgan fingerprint density at radius 3 is 2.59 bits per heavy atom. The van der Waals surface area contributed by atoms with Crippen LogP contribution in [0.15, 0.2) is 0 Å². The molecular formula is C12H20N2O3. The van der Waals surface area contributed by atoms with E-state index in [0.717, 1.165) is 25.9 Å². The first-order valence-corrected chi connectivity index (χ1v) is 6.32. The van der Waals surface area contributed by atoms with E-state index in [1.54, 1.807) is 0 Å². The quantitative estimate of drug-likeness (QED) is 0.698. The number of hydrogen-bond acceptors (Lipinski definition) is 4. The van der Waals surface area contributed by atoms with Crippen LogP contribution < -0.4 is 5.32 Å².